The fourth-order valence-corrected chi connectivity index (χ4v) is 2.18. The van der Waals surface area contributed by atoms with Crippen LogP contribution in [0.4, 0.5) is 14.9 Å². The minimum atomic E-state index is -0.838. The molecule has 6 heteroatoms. The SMILES string of the molecule is CC(C)[C@@H](NC(=O)Nc1ccccc1)C(=O)OCc1ccccc1F. The van der Waals surface area contributed by atoms with Crippen molar-refractivity contribution in [3.8, 4) is 0 Å². The topological polar surface area (TPSA) is 67.4 Å². The second-order valence-corrected chi connectivity index (χ2v) is 5.89. The van der Waals surface area contributed by atoms with Gasteiger partial charge in [-0.25, -0.2) is 14.0 Å². The normalized spacial score (nSPS) is 11.7. The Labute approximate surface area is 146 Å². The molecule has 2 amide bonds. The summed E-state index contributed by atoms with van der Waals surface area (Å²) in [5, 5.41) is 5.24. The quantitative estimate of drug-likeness (QED) is 0.785. The molecule has 0 fully saturated rings. The second-order valence-electron chi connectivity index (χ2n) is 5.89. The largest absolute Gasteiger partial charge is 0.459 e. The highest BCUT2D eigenvalue weighted by Crippen LogP contribution is 2.11. The number of ether oxygens (including phenoxy) is 1. The molecule has 1 atom stereocenters. The van der Waals surface area contributed by atoms with Gasteiger partial charge in [0.05, 0.1) is 0 Å². The predicted molar refractivity (Wildman–Crippen MR) is 93.4 cm³/mol. The molecule has 0 aliphatic heterocycles. The van der Waals surface area contributed by atoms with Crippen LogP contribution in [0.1, 0.15) is 19.4 Å². The van der Waals surface area contributed by atoms with E-state index < -0.39 is 23.9 Å². The minimum Gasteiger partial charge on any atom is -0.459 e. The number of rotatable bonds is 6. The van der Waals surface area contributed by atoms with E-state index in [1.165, 1.54) is 6.07 Å². The van der Waals surface area contributed by atoms with Crippen LogP contribution in [0.25, 0.3) is 0 Å². The van der Waals surface area contributed by atoms with Gasteiger partial charge in [0.2, 0.25) is 0 Å². The Morgan fingerprint density at radius 2 is 1.68 bits per heavy atom. The Bertz CT molecular complexity index is 720. The monoisotopic (exact) mass is 344 g/mol. The summed E-state index contributed by atoms with van der Waals surface area (Å²) in [6, 6.07) is 13.6. The van der Waals surface area contributed by atoms with Crippen molar-refractivity contribution in [2.75, 3.05) is 5.32 Å². The first-order valence-corrected chi connectivity index (χ1v) is 8.00. The summed E-state index contributed by atoms with van der Waals surface area (Å²) in [5.74, 6) is -1.23. The standard InChI is InChI=1S/C19H21FN2O3/c1-13(2)17(22-19(24)21-15-9-4-3-5-10-15)18(23)25-12-14-8-6-7-11-16(14)20/h3-11,13,17H,12H2,1-2H3,(H2,21,22,24)/t17-/m1/s1. The molecule has 0 aliphatic rings. The molecule has 0 saturated heterocycles. The Kier molecular flexibility index (Phi) is 6.51. The van der Waals surface area contributed by atoms with Gasteiger partial charge in [-0.3, -0.25) is 0 Å². The summed E-state index contributed by atoms with van der Waals surface area (Å²) in [6.45, 7) is 3.40. The molecule has 132 valence electrons. The lowest BCUT2D eigenvalue weighted by Gasteiger charge is -2.21. The Hall–Kier alpha value is -2.89. The molecule has 0 saturated carbocycles. The summed E-state index contributed by atoms with van der Waals surface area (Å²) in [7, 11) is 0. The zero-order chi connectivity index (χ0) is 18.2. The number of carbonyl (C=O) groups excluding carboxylic acids is 2. The van der Waals surface area contributed by atoms with Crippen molar-refractivity contribution in [2.24, 2.45) is 5.92 Å². The van der Waals surface area contributed by atoms with Crippen LogP contribution in [0.5, 0.6) is 0 Å². The molecule has 5 nitrogen and oxygen atoms in total. The van der Waals surface area contributed by atoms with Gasteiger partial charge in [0.25, 0.3) is 0 Å². The van der Waals surface area contributed by atoms with Crippen LogP contribution in [0.15, 0.2) is 54.6 Å². The third-order valence-corrected chi connectivity index (χ3v) is 3.57. The number of carbonyl (C=O) groups is 2. The van der Waals surface area contributed by atoms with Crippen molar-refractivity contribution >= 4 is 17.7 Å². The fourth-order valence-electron chi connectivity index (χ4n) is 2.18. The molecule has 2 aromatic rings. The Morgan fingerprint density at radius 3 is 2.32 bits per heavy atom. The highest BCUT2D eigenvalue weighted by molar-refractivity contribution is 5.92. The van der Waals surface area contributed by atoms with Crippen molar-refractivity contribution in [1.82, 2.24) is 5.32 Å². The van der Waals surface area contributed by atoms with E-state index >= 15 is 0 Å². The van der Waals surface area contributed by atoms with Gasteiger partial charge in [0.1, 0.15) is 18.5 Å². The average molecular weight is 344 g/mol. The van der Waals surface area contributed by atoms with Gasteiger partial charge in [0.15, 0.2) is 0 Å². The predicted octanol–water partition coefficient (Wildman–Crippen LogP) is 3.72. The van der Waals surface area contributed by atoms with Gasteiger partial charge in [-0.15, -0.1) is 0 Å². The van der Waals surface area contributed by atoms with Crippen molar-refractivity contribution in [3.63, 3.8) is 0 Å². The summed E-state index contributed by atoms with van der Waals surface area (Å²) in [5.41, 5.74) is 0.898. The van der Waals surface area contributed by atoms with Crippen molar-refractivity contribution in [2.45, 2.75) is 26.5 Å². The number of anilines is 1. The maximum Gasteiger partial charge on any atom is 0.329 e. The highest BCUT2D eigenvalue weighted by atomic mass is 19.1. The fraction of sp³-hybridized carbons (Fsp3) is 0.263. The molecule has 0 unspecified atom stereocenters. The first-order valence-electron chi connectivity index (χ1n) is 8.00. The van der Waals surface area contributed by atoms with E-state index in [-0.39, 0.29) is 18.1 Å². The molecule has 0 heterocycles. The highest BCUT2D eigenvalue weighted by Gasteiger charge is 2.26. The van der Waals surface area contributed by atoms with E-state index in [1.54, 1.807) is 56.3 Å². The molecule has 2 aromatic carbocycles. The summed E-state index contributed by atoms with van der Waals surface area (Å²) in [4.78, 5) is 24.3. The first kappa shape index (κ1) is 18.4. The number of hydrogen-bond acceptors (Lipinski definition) is 3. The molecule has 2 N–H and O–H groups in total. The van der Waals surface area contributed by atoms with E-state index in [0.717, 1.165) is 0 Å². The number of nitrogens with one attached hydrogen (secondary N) is 2. The van der Waals surface area contributed by atoms with E-state index in [2.05, 4.69) is 10.6 Å². The maximum atomic E-state index is 13.6. The van der Waals surface area contributed by atoms with E-state index in [9.17, 15) is 14.0 Å². The van der Waals surface area contributed by atoms with Gasteiger partial charge in [-0.1, -0.05) is 50.2 Å². The van der Waals surface area contributed by atoms with Gasteiger partial charge in [-0.2, -0.15) is 0 Å². The molecule has 0 aromatic heterocycles. The average Bonchev–Trinajstić information content (AvgIpc) is 2.59. The second kappa shape index (κ2) is 8.82. The number of halogens is 1. The number of hydrogen-bond donors (Lipinski definition) is 2. The third kappa shape index (κ3) is 5.60. The van der Waals surface area contributed by atoms with Crippen LogP contribution >= 0.6 is 0 Å². The Balaban J connectivity index is 1.93. The van der Waals surface area contributed by atoms with Crippen LogP contribution in [0.2, 0.25) is 0 Å². The maximum absolute atomic E-state index is 13.6. The van der Waals surface area contributed by atoms with Crippen LogP contribution in [-0.2, 0) is 16.1 Å². The molecular weight excluding hydrogens is 323 g/mol. The lowest BCUT2D eigenvalue weighted by Crippen LogP contribution is -2.47. The van der Waals surface area contributed by atoms with Gasteiger partial charge >= 0.3 is 12.0 Å². The molecular formula is C19H21FN2O3. The molecule has 0 spiro atoms. The zero-order valence-electron chi connectivity index (χ0n) is 14.2. The molecule has 2 rings (SSSR count). The van der Waals surface area contributed by atoms with Crippen LogP contribution in [0.3, 0.4) is 0 Å². The van der Waals surface area contributed by atoms with Crippen LogP contribution in [0, 0.1) is 11.7 Å². The Morgan fingerprint density at radius 1 is 1.04 bits per heavy atom. The number of para-hydroxylation sites is 1. The van der Waals surface area contributed by atoms with Crippen molar-refractivity contribution in [1.29, 1.82) is 0 Å². The lowest BCUT2D eigenvalue weighted by molar-refractivity contribution is -0.148. The smallest absolute Gasteiger partial charge is 0.329 e. The molecule has 25 heavy (non-hydrogen) atoms. The van der Waals surface area contributed by atoms with E-state index in [0.29, 0.717) is 5.69 Å². The van der Waals surface area contributed by atoms with E-state index in [1.807, 2.05) is 6.07 Å². The summed E-state index contributed by atoms with van der Waals surface area (Å²) in [6.07, 6.45) is 0. The summed E-state index contributed by atoms with van der Waals surface area (Å²) >= 11 is 0. The van der Waals surface area contributed by atoms with E-state index in [4.69, 9.17) is 4.74 Å². The van der Waals surface area contributed by atoms with Crippen LogP contribution in [-0.4, -0.2) is 18.0 Å². The van der Waals surface area contributed by atoms with Gasteiger partial charge in [0, 0.05) is 11.3 Å². The minimum absolute atomic E-state index is 0.184. The molecule has 0 bridgehead atoms. The first-order chi connectivity index (χ1) is 12.0. The van der Waals surface area contributed by atoms with Crippen molar-refractivity contribution in [3.05, 3.63) is 66.0 Å². The molecule has 0 radical (unpaired) electrons. The van der Waals surface area contributed by atoms with Crippen LogP contribution < -0.4 is 10.6 Å². The third-order valence-electron chi connectivity index (χ3n) is 3.57. The number of amides is 2. The lowest BCUT2D eigenvalue weighted by atomic mass is 10.1. The molecule has 0 aliphatic carbocycles. The number of urea groups is 1. The number of benzene rings is 2. The number of esters is 1. The van der Waals surface area contributed by atoms with Crippen molar-refractivity contribution < 1.29 is 18.7 Å². The zero-order valence-corrected chi connectivity index (χ0v) is 14.2. The summed E-state index contributed by atoms with van der Waals surface area (Å²) < 4.78 is 18.7. The van der Waals surface area contributed by atoms with Gasteiger partial charge < -0.3 is 15.4 Å². The van der Waals surface area contributed by atoms with Gasteiger partial charge in [-0.05, 0) is 24.1 Å².